The van der Waals surface area contributed by atoms with E-state index in [0.29, 0.717) is 0 Å². The first-order valence-electron chi connectivity index (χ1n) is 3.95. The molecule has 0 spiro atoms. The van der Waals surface area contributed by atoms with Gasteiger partial charge >= 0.3 is 5.97 Å². The van der Waals surface area contributed by atoms with Gasteiger partial charge in [-0.3, -0.25) is 9.59 Å². The number of halogens is 2. The fourth-order valence-corrected chi connectivity index (χ4v) is 1.47. The maximum absolute atomic E-state index is 12.1. The van der Waals surface area contributed by atoms with Crippen LogP contribution in [0.3, 0.4) is 0 Å². The third-order valence-corrected chi connectivity index (χ3v) is 2.33. The summed E-state index contributed by atoms with van der Waals surface area (Å²) in [6.07, 6.45) is -3.30. The highest BCUT2D eigenvalue weighted by Crippen LogP contribution is 2.36. The highest BCUT2D eigenvalue weighted by atomic mass is 19.3. The van der Waals surface area contributed by atoms with E-state index >= 15 is 0 Å². The maximum atomic E-state index is 12.1. The molecule has 0 aromatic carbocycles. The van der Waals surface area contributed by atoms with Gasteiger partial charge in [0.1, 0.15) is 11.2 Å². The van der Waals surface area contributed by atoms with Gasteiger partial charge in [0.15, 0.2) is 0 Å². The monoisotopic (exact) mass is 192 g/mol. The number of esters is 1. The van der Waals surface area contributed by atoms with Gasteiger partial charge in [-0.2, -0.15) is 0 Å². The van der Waals surface area contributed by atoms with Gasteiger partial charge in [0, 0.05) is 12.8 Å². The van der Waals surface area contributed by atoms with Crippen molar-refractivity contribution < 1.29 is 23.1 Å². The zero-order valence-corrected chi connectivity index (χ0v) is 7.18. The first-order chi connectivity index (χ1) is 5.99. The Hall–Kier alpha value is -1.00. The molecule has 0 radical (unpaired) electrons. The normalized spacial score (nSPS) is 27.8. The molecule has 1 saturated heterocycles. The van der Waals surface area contributed by atoms with E-state index in [4.69, 9.17) is 0 Å². The van der Waals surface area contributed by atoms with Crippen LogP contribution in [0.5, 0.6) is 0 Å². The van der Waals surface area contributed by atoms with Crippen LogP contribution in [0.2, 0.25) is 0 Å². The van der Waals surface area contributed by atoms with Gasteiger partial charge in [-0.15, -0.1) is 0 Å². The summed E-state index contributed by atoms with van der Waals surface area (Å²) in [5.41, 5.74) is -1.58. The zero-order chi connectivity index (χ0) is 10.1. The van der Waals surface area contributed by atoms with E-state index in [-0.39, 0.29) is 13.0 Å². The molecule has 0 bridgehead atoms. The van der Waals surface area contributed by atoms with Crippen molar-refractivity contribution in [1.82, 2.24) is 0 Å². The van der Waals surface area contributed by atoms with Gasteiger partial charge in [-0.1, -0.05) is 0 Å². The number of ketones is 1. The molecular formula is C8H10F2O3. The van der Waals surface area contributed by atoms with Gasteiger partial charge in [0.2, 0.25) is 6.43 Å². The SMILES string of the molecule is CC(=O)C1(CC(F)F)CCOC1=O. The van der Waals surface area contributed by atoms with Gasteiger partial charge in [0.25, 0.3) is 0 Å². The molecule has 3 nitrogen and oxygen atoms in total. The summed E-state index contributed by atoms with van der Waals surface area (Å²) in [7, 11) is 0. The fourth-order valence-electron chi connectivity index (χ4n) is 1.47. The fraction of sp³-hybridized carbons (Fsp3) is 0.750. The predicted molar refractivity (Wildman–Crippen MR) is 39.3 cm³/mol. The summed E-state index contributed by atoms with van der Waals surface area (Å²) in [6, 6.07) is 0. The minimum absolute atomic E-state index is 0.0606. The minimum Gasteiger partial charge on any atom is -0.465 e. The summed E-state index contributed by atoms with van der Waals surface area (Å²) in [5, 5.41) is 0. The number of hydrogen-bond acceptors (Lipinski definition) is 3. The Bertz CT molecular complexity index is 240. The Morgan fingerprint density at radius 3 is 2.62 bits per heavy atom. The molecule has 0 saturated carbocycles. The molecule has 1 rings (SSSR count). The Labute approximate surface area is 74.1 Å². The molecule has 0 aromatic rings. The van der Waals surface area contributed by atoms with Crippen LogP contribution in [0.1, 0.15) is 19.8 Å². The van der Waals surface area contributed by atoms with Crippen molar-refractivity contribution in [1.29, 1.82) is 0 Å². The van der Waals surface area contributed by atoms with Crippen molar-refractivity contribution in [3.8, 4) is 0 Å². The van der Waals surface area contributed by atoms with Gasteiger partial charge in [-0.25, -0.2) is 8.78 Å². The second-order valence-electron chi connectivity index (χ2n) is 3.12. The van der Waals surface area contributed by atoms with Crippen LogP contribution in [-0.4, -0.2) is 24.8 Å². The molecule has 1 unspecified atom stereocenters. The van der Waals surface area contributed by atoms with E-state index in [2.05, 4.69) is 4.74 Å². The van der Waals surface area contributed by atoms with Crippen LogP contribution in [0, 0.1) is 5.41 Å². The standard InChI is InChI=1S/C8H10F2O3/c1-5(11)8(4-6(9)10)2-3-13-7(8)12/h6H,2-4H2,1H3. The second-order valence-corrected chi connectivity index (χ2v) is 3.12. The van der Waals surface area contributed by atoms with Crippen molar-refractivity contribution in [2.24, 2.45) is 5.41 Å². The smallest absolute Gasteiger partial charge is 0.319 e. The number of ether oxygens (including phenoxy) is 1. The number of Topliss-reactive ketones (excluding diaryl/α,β-unsaturated/α-hetero) is 1. The van der Waals surface area contributed by atoms with Crippen LogP contribution >= 0.6 is 0 Å². The molecule has 74 valence electrons. The van der Waals surface area contributed by atoms with Crippen LogP contribution in [0.15, 0.2) is 0 Å². The third-order valence-electron chi connectivity index (χ3n) is 2.33. The van der Waals surface area contributed by atoms with Crippen molar-refractivity contribution in [2.75, 3.05) is 6.61 Å². The molecular weight excluding hydrogens is 182 g/mol. The highest BCUT2D eigenvalue weighted by Gasteiger charge is 2.50. The number of carbonyl (C=O) groups excluding carboxylic acids is 2. The molecule has 0 N–H and O–H groups in total. The number of hydrogen-bond donors (Lipinski definition) is 0. The van der Waals surface area contributed by atoms with E-state index in [1.807, 2.05) is 0 Å². The van der Waals surface area contributed by atoms with E-state index < -0.39 is 30.0 Å². The van der Waals surface area contributed by atoms with Gasteiger partial charge in [-0.05, 0) is 6.92 Å². The van der Waals surface area contributed by atoms with E-state index in [1.165, 1.54) is 0 Å². The minimum atomic E-state index is -2.66. The molecule has 0 aromatic heterocycles. The predicted octanol–water partition coefficient (Wildman–Crippen LogP) is 1.16. The van der Waals surface area contributed by atoms with Crippen molar-refractivity contribution in [2.45, 2.75) is 26.2 Å². The molecule has 5 heteroatoms. The first-order valence-corrected chi connectivity index (χ1v) is 3.95. The number of cyclic esters (lactones) is 1. The summed E-state index contributed by atoms with van der Waals surface area (Å²) >= 11 is 0. The molecule has 1 aliphatic heterocycles. The Balaban J connectivity index is 2.87. The summed E-state index contributed by atoms with van der Waals surface area (Å²) in [4.78, 5) is 22.2. The lowest BCUT2D eigenvalue weighted by molar-refractivity contribution is -0.153. The summed E-state index contributed by atoms with van der Waals surface area (Å²) in [6.45, 7) is 1.21. The third kappa shape index (κ3) is 1.68. The van der Waals surface area contributed by atoms with Crippen LogP contribution in [0.4, 0.5) is 8.78 Å². The lowest BCUT2D eigenvalue weighted by atomic mass is 9.79. The number of rotatable bonds is 3. The molecule has 1 heterocycles. The first kappa shape index (κ1) is 10.1. The topological polar surface area (TPSA) is 43.4 Å². The van der Waals surface area contributed by atoms with Crippen LogP contribution in [0.25, 0.3) is 0 Å². The second kappa shape index (κ2) is 3.40. The van der Waals surface area contributed by atoms with Crippen molar-refractivity contribution in [3.63, 3.8) is 0 Å². The Morgan fingerprint density at radius 1 is 1.69 bits per heavy atom. The molecule has 1 fully saturated rings. The average Bonchev–Trinajstić information content (AvgIpc) is 2.32. The van der Waals surface area contributed by atoms with E-state index in [0.717, 1.165) is 6.92 Å². The van der Waals surface area contributed by atoms with E-state index in [9.17, 15) is 18.4 Å². The van der Waals surface area contributed by atoms with E-state index in [1.54, 1.807) is 0 Å². The lowest BCUT2D eigenvalue weighted by Gasteiger charge is -2.20. The Morgan fingerprint density at radius 2 is 2.31 bits per heavy atom. The van der Waals surface area contributed by atoms with Gasteiger partial charge in [0.05, 0.1) is 6.61 Å². The number of alkyl halides is 2. The molecule has 1 atom stereocenters. The van der Waals surface area contributed by atoms with Crippen LogP contribution in [-0.2, 0) is 14.3 Å². The summed E-state index contributed by atoms with van der Waals surface area (Å²) < 4.78 is 28.7. The van der Waals surface area contributed by atoms with Crippen molar-refractivity contribution >= 4 is 11.8 Å². The van der Waals surface area contributed by atoms with Crippen LogP contribution < -0.4 is 0 Å². The lowest BCUT2D eigenvalue weighted by Crippen LogP contribution is -2.36. The maximum Gasteiger partial charge on any atom is 0.319 e. The summed E-state index contributed by atoms with van der Waals surface area (Å²) in [5.74, 6) is -1.34. The molecule has 13 heavy (non-hydrogen) atoms. The largest absolute Gasteiger partial charge is 0.465 e. The van der Waals surface area contributed by atoms with Gasteiger partial charge < -0.3 is 4.74 Å². The zero-order valence-electron chi connectivity index (χ0n) is 7.18. The Kier molecular flexibility index (Phi) is 2.63. The molecule has 1 aliphatic rings. The quantitative estimate of drug-likeness (QED) is 0.498. The molecule has 0 aliphatic carbocycles. The average molecular weight is 192 g/mol. The highest BCUT2D eigenvalue weighted by molar-refractivity contribution is 6.03. The molecule has 0 amide bonds. The van der Waals surface area contributed by atoms with Crippen molar-refractivity contribution in [3.05, 3.63) is 0 Å². The number of carbonyl (C=O) groups is 2.